The van der Waals surface area contributed by atoms with Crippen LogP contribution in [0.3, 0.4) is 0 Å². The molecule has 0 bridgehead atoms. The minimum atomic E-state index is -2.55. The fourth-order valence-electron chi connectivity index (χ4n) is 1.65. The summed E-state index contributed by atoms with van der Waals surface area (Å²) in [4.78, 5) is 0. The van der Waals surface area contributed by atoms with Gasteiger partial charge in [0, 0.05) is 12.2 Å². The molecule has 17 heavy (non-hydrogen) atoms. The Hall–Kier alpha value is -1.36. The summed E-state index contributed by atoms with van der Waals surface area (Å²) in [5.74, 6) is 0.739. The maximum absolute atomic E-state index is 12.7. The molecule has 1 N–H and O–H groups in total. The standard InChI is InChI=1S/C12H16F2O3/c1-16-10-7-9(12(13)14)6-8(4-3-5-15)11(10)17-2/h6-7,12,15H,3-5H2,1-2H3. The van der Waals surface area contributed by atoms with Gasteiger partial charge in [-0.15, -0.1) is 0 Å². The van der Waals surface area contributed by atoms with E-state index in [-0.39, 0.29) is 12.2 Å². The lowest BCUT2D eigenvalue weighted by atomic mass is 10.0. The summed E-state index contributed by atoms with van der Waals surface area (Å²) >= 11 is 0. The van der Waals surface area contributed by atoms with Gasteiger partial charge in [0.2, 0.25) is 0 Å². The molecule has 0 aliphatic rings. The van der Waals surface area contributed by atoms with Crippen molar-refractivity contribution in [2.24, 2.45) is 0 Å². The second-order valence-electron chi connectivity index (χ2n) is 3.54. The van der Waals surface area contributed by atoms with Gasteiger partial charge >= 0.3 is 0 Å². The number of aliphatic hydroxyl groups is 1. The average Bonchev–Trinajstić information content (AvgIpc) is 2.34. The third kappa shape index (κ3) is 3.30. The molecule has 0 atom stereocenters. The first-order valence-electron chi connectivity index (χ1n) is 5.27. The number of benzene rings is 1. The summed E-state index contributed by atoms with van der Waals surface area (Å²) in [7, 11) is 2.87. The van der Waals surface area contributed by atoms with Gasteiger partial charge in [-0.05, 0) is 30.5 Å². The molecule has 96 valence electrons. The molecule has 0 aromatic heterocycles. The lowest BCUT2D eigenvalue weighted by molar-refractivity contribution is 0.150. The van der Waals surface area contributed by atoms with Crippen molar-refractivity contribution in [3.63, 3.8) is 0 Å². The summed E-state index contributed by atoms with van der Waals surface area (Å²) in [6.07, 6.45) is -1.59. The van der Waals surface area contributed by atoms with E-state index >= 15 is 0 Å². The largest absolute Gasteiger partial charge is 0.493 e. The molecule has 0 aliphatic heterocycles. The molecule has 0 aliphatic carbocycles. The fraction of sp³-hybridized carbons (Fsp3) is 0.500. The van der Waals surface area contributed by atoms with Gasteiger partial charge in [-0.2, -0.15) is 0 Å². The highest BCUT2D eigenvalue weighted by molar-refractivity contribution is 5.50. The molecular weight excluding hydrogens is 230 g/mol. The number of halogens is 2. The Labute approximate surface area is 99.0 Å². The molecular formula is C12H16F2O3. The average molecular weight is 246 g/mol. The van der Waals surface area contributed by atoms with Crippen LogP contribution in [0.5, 0.6) is 11.5 Å². The van der Waals surface area contributed by atoms with Crippen LogP contribution in [0, 0.1) is 0 Å². The molecule has 0 spiro atoms. The molecule has 0 amide bonds. The van der Waals surface area contributed by atoms with Crippen molar-refractivity contribution in [1.29, 1.82) is 0 Å². The number of methoxy groups -OCH3 is 2. The van der Waals surface area contributed by atoms with E-state index in [2.05, 4.69) is 0 Å². The van der Waals surface area contributed by atoms with Crippen LogP contribution in [0.1, 0.15) is 24.0 Å². The van der Waals surface area contributed by atoms with Crippen LogP contribution >= 0.6 is 0 Å². The first kappa shape index (κ1) is 13.7. The Morgan fingerprint density at radius 2 is 1.94 bits per heavy atom. The minimum Gasteiger partial charge on any atom is -0.493 e. The van der Waals surface area contributed by atoms with E-state index in [1.54, 1.807) is 0 Å². The highest BCUT2D eigenvalue weighted by atomic mass is 19.3. The second-order valence-corrected chi connectivity index (χ2v) is 3.54. The van der Waals surface area contributed by atoms with Crippen molar-refractivity contribution >= 4 is 0 Å². The van der Waals surface area contributed by atoms with Crippen LogP contribution in [0.15, 0.2) is 12.1 Å². The van der Waals surface area contributed by atoms with Crippen molar-refractivity contribution in [2.75, 3.05) is 20.8 Å². The summed E-state index contributed by atoms with van der Waals surface area (Å²) in [6.45, 7) is 0.00434. The number of ether oxygens (including phenoxy) is 2. The SMILES string of the molecule is COc1cc(C(F)F)cc(CCCO)c1OC. The number of rotatable bonds is 6. The van der Waals surface area contributed by atoms with E-state index in [9.17, 15) is 8.78 Å². The van der Waals surface area contributed by atoms with Gasteiger partial charge in [0.15, 0.2) is 11.5 Å². The number of aliphatic hydroxyl groups excluding tert-OH is 1. The van der Waals surface area contributed by atoms with Crippen LogP contribution in [0.2, 0.25) is 0 Å². The van der Waals surface area contributed by atoms with Crippen molar-refractivity contribution in [1.82, 2.24) is 0 Å². The van der Waals surface area contributed by atoms with E-state index in [0.29, 0.717) is 29.9 Å². The van der Waals surface area contributed by atoms with Crippen LogP contribution < -0.4 is 9.47 Å². The topological polar surface area (TPSA) is 38.7 Å². The Morgan fingerprint density at radius 3 is 2.41 bits per heavy atom. The molecule has 1 rings (SSSR count). The lowest BCUT2D eigenvalue weighted by Crippen LogP contribution is -2.00. The second kappa shape index (κ2) is 6.39. The van der Waals surface area contributed by atoms with Gasteiger partial charge < -0.3 is 14.6 Å². The summed E-state index contributed by atoms with van der Waals surface area (Å²) in [6, 6.07) is 2.66. The van der Waals surface area contributed by atoms with Crippen molar-refractivity contribution in [2.45, 2.75) is 19.3 Å². The quantitative estimate of drug-likeness (QED) is 0.838. The predicted molar refractivity (Wildman–Crippen MR) is 59.9 cm³/mol. The van der Waals surface area contributed by atoms with E-state index in [1.807, 2.05) is 0 Å². The van der Waals surface area contributed by atoms with Crippen molar-refractivity contribution < 1.29 is 23.4 Å². The lowest BCUT2D eigenvalue weighted by Gasteiger charge is -2.14. The predicted octanol–water partition coefficient (Wildman–Crippen LogP) is 2.57. The maximum Gasteiger partial charge on any atom is 0.263 e. The number of aryl methyl sites for hydroxylation is 1. The van der Waals surface area contributed by atoms with Crippen molar-refractivity contribution in [3.05, 3.63) is 23.3 Å². The van der Waals surface area contributed by atoms with Gasteiger partial charge in [-0.25, -0.2) is 8.78 Å². The highest BCUT2D eigenvalue weighted by Crippen LogP contribution is 2.36. The summed E-state index contributed by atoms with van der Waals surface area (Å²) < 4.78 is 35.5. The summed E-state index contributed by atoms with van der Waals surface area (Å²) in [5, 5.41) is 8.78. The number of hydrogen-bond donors (Lipinski definition) is 1. The van der Waals surface area contributed by atoms with Crippen LogP contribution in [-0.4, -0.2) is 25.9 Å². The van der Waals surface area contributed by atoms with Gasteiger partial charge in [0.1, 0.15) is 0 Å². The zero-order chi connectivity index (χ0) is 12.8. The zero-order valence-electron chi connectivity index (χ0n) is 9.87. The summed E-state index contributed by atoms with van der Waals surface area (Å²) in [5.41, 5.74) is 0.520. The fourth-order valence-corrected chi connectivity index (χ4v) is 1.65. The van der Waals surface area contributed by atoms with E-state index in [0.717, 1.165) is 0 Å². The number of hydrogen-bond acceptors (Lipinski definition) is 3. The molecule has 0 saturated heterocycles. The van der Waals surface area contributed by atoms with Crippen molar-refractivity contribution in [3.8, 4) is 11.5 Å². The molecule has 0 fully saturated rings. The first-order chi connectivity index (χ1) is 8.13. The van der Waals surface area contributed by atoms with Gasteiger partial charge in [-0.1, -0.05) is 0 Å². The molecule has 1 aromatic carbocycles. The monoisotopic (exact) mass is 246 g/mol. The third-order valence-corrected chi connectivity index (χ3v) is 2.43. The molecule has 0 heterocycles. The van der Waals surface area contributed by atoms with Gasteiger partial charge in [0.25, 0.3) is 6.43 Å². The molecule has 0 unspecified atom stereocenters. The van der Waals surface area contributed by atoms with Gasteiger partial charge in [0.05, 0.1) is 14.2 Å². The van der Waals surface area contributed by atoms with E-state index in [4.69, 9.17) is 14.6 Å². The third-order valence-electron chi connectivity index (χ3n) is 2.43. The molecule has 3 nitrogen and oxygen atoms in total. The van der Waals surface area contributed by atoms with E-state index < -0.39 is 6.43 Å². The molecule has 5 heteroatoms. The Bertz CT molecular complexity index is 367. The highest BCUT2D eigenvalue weighted by Gasteiger charge is 2.16. The van der Waals surface area contributed by atoms with Crippen LogP contribution in [0.25, 0.3) is 0 Å². The normalized spacial score (nSPS) is 10.7. The Morgan fingerprint density at radius 1 is 1.24 bits per heavy atom. The van der Waals surface area contributed by atoms with Crippen LogP contribution in [0.4, 0.5) is 8.78 Å². The Balaban J connectivity index is 3.17. The van der Waals surface area contributed by atoms with E-state index in [1.165, 1.54) is 26.4 Å². The number of alkyl halides is 2. The minimum absolute atomic E-state index is 0.00434. The molecule has 0 radical (unpaired) electrons. The Kier molecular flexibility index (Phi) is 5.15. The first-order valence-corrected chi connectivity index (χ1v) is 5.27. The molecule has 0 saturated carbocycles. The smallest absolute Gasteiger partial charge is 0.263 e. The van der Waals surface area contributed by atoms with Gasteiger partial charge in [-0.3, -0.25) is 0 Å². The zero-order valence-corrected chi connectivity index (χ0v) is 9.87. The van der Waals surface area contributed by atoms with Crippen LogP contribution in [-0.2, 0) is 6.42 Å². The maximum atomic E-state index is 12.7. The molecule has 1 aromatic rings.